The molecule has 0 unspecified atom stereocenters. The number of aromatic hydroxyl groups is 2. The quantitative estimate of drug-likeness (QED) is 0.0192. The van der Waals surface area contributed by atoms with E-state index in [0.717, 1.165) is 79.9 Å². The number of methoxy groups -OCH3 is 1. The van der Waals surface area contributed by atoms with E-state index in [1.165, 1.54) is 49.2 Å². The molecule has 1 aliphatic heterocycles. The second-order valence-corrected chi connectivity index (χ2v) is 25.6. The Kier molecular flexibility index (Phi) is 33.1. The van der Waals surface area contributed by atoms with Gasteiger partial charge in [0.2, 0.25) is 0 Å². The van der Waals surface area contributed by atoms with Gasteiger partial charge in [-0.1, -0.05) is 133 Å². The van der Waals surface area contributed by atoms with Crippen molar-refractivity contribution in [3.63, 3.8) is 0 Å². The Bertz CT molecular complexity index is 5080. The van der Waals surface area contributed by atoms with Gasteiger partial charge in [0.15, 0.2) is 0 Å². The fourth-order valence-electron chi connectivity index (χ4n) is 11.1. The summed E-state index contributed by atoms with van der Waals surface area (Å²) in [6.07, 6.45) is 9.58. The number of nitrogens with one attached hydrogen (secondary N) is 2. The molecule has 574 valence electrons. The number of hydrogen-bond donors (Lipinski definition) is 4. The van der Waals surface area contributed by atoms with Crippen molar-refractivity contribution in [2.24, 2.45) is 0 Å². The number of carbonyl (C=O) groups is 2. The lowest BCUT2D eigenvalue weighted by atomic mass is 10.1. The van der Waals surface area contributed by atoms with Crippen LogP contribution in [0.1, 0.15) is 102 Å². The molecule has 1 aliphatic rings. The maximum atomic E-state index is 12.1. The van der Waals surface area contributed by atoms with Crippen LogP contribution >= 0.6 is 12.4 Å². The summed E-state index contributed by atoms with van der Waals surface area (Å²) < 4.78 is 43.4. The highest BCUT2D eigenvalue weighted by atomic mass is 35.5. The number of hydrogen-bond acceptors (Lipinski definition) is 16. The summed E-state index contributed by atoms with van der Waals surface area (Å²) in [5.74, 6) is 1.90. The van der Waals surface area contributed by atoms with Crippen molar-refractivity contribution < 1.29 is 64.0 Å². The maximum Gasteiger partial charge on any atom is 0.379 e. The lowest BCUT2D eigenvalue weighted by Crippen LogP contribution is -2.15. The zero-order valence-corrected chi connectivity index (χ0v) is 63.9. The average Bonchev–Trinajstić information content (AvgIpc) is 1.67. The number of Topliss-reactive ketones (excluding diaryl/α,β-unsaturated/α-hetero) is 1. The molecule has 10 aromatic carbocycles. The SMILES string of the molecule is COC(=O)C(=O)c1c[nH]c2cc(C)c(OCc3ccccc3)cc12.Cc1cc([N+](=O)[O-])c(/C=C/N2CCCC2)cc1OCc1ccccc1.Cc1cc([N+](=O)[O-])c(C)cc1O.Cc1cc([N+](=O)[O-])c(C)cc1OCc1ccccc1.Cc1cc2[nH]ccc2cc1OCc1ccccc1.Cc1ccc(C)c(O)c1.Cl.[2H]CF. The number of fused-ring (bicyclic) bond motifs is 2. The predicted molar refractivity (Wildman–Crippen MR) is 432 cm³/mol. The molecule has 0 aliphatic carbocycles. The van der Waals surface area contributed by atoms with Gasteiger partial charge < -0.3 is 48.8 Å². The van der Waals surface area contributed by atoms with Crippen LogP contribution in [0.4, 0.5) is 21.5 Å². The number of likely N-dealkylation sites (tertiary alicyclic amines) is 1. The topological polar surface area (TPSA) is 285 Å². The number of nitro groups is 3. The molecule has 4 N–H and O–H groups in total. The molecule has 0 saturated carbocycles. The van der Waals surface area contributed by atoms with Gasteiger partial charge in [0.25, 0.3) is 22.8 Å². The number of nitrogens with zero attached hydrogens (tertiary/aromatic N) is 4. The van der Waals surface area contributed by atoms with Crippen molar-refractivity contribution in [1.29, 1.82) is 0 Å². The minimum absolute atomic E-state index is 0. The number of aryl methyl sites for hydroxylation is 9. The smallest absolute Gasteiger partial charge is 0.379 e. The molecule has 1 fully saturated rings. The van der Waals surface area contributed by atoms with Crippen LogP contribution in [-0.2, 0) is 36.0 Å². The van der Waals surface area contributed by atoms with Gasteiger partial charge in [-0.15, -0.1) is 12.4 Å². The molecular weight excluding hydrogens is 1420 g/mol. The predicted octanol–water partition coefficient (Wildman–Crippen LogP) is 20.7. The van der Waals surface area contributed by atoms with Crippen molar-refractivity contribution in [3.05, 3.63) is 339 Å². The van der Waals surface area contributed by atoms with Crippen molar-refractivity contribution in [2.45, 2.75) is 102 Å². The van der Waals surface area contributed by atoms with E-state index in [9.17, 15) is 49.4 Å². The van der Waals surface area contributed by atoms with E-state index in [0.29, 0.717) is 77.1 Å². The molecule has 21 nitrogen and oxygen atoms in total. The lowest BCUT2D eigenvalue weighted by Gasteiger charge is -2.12. The van der Waals surface area contributed by atoms with Crippen molar-refractivity contribution in [2.75, 3.05) is 27.4 Å². The van der Waals surface area contributed by atoms with E-state index in [-0.39, 0.29) is 50.6 Å². The number of benzene rings is 10. The van der Waals surface area contributed by atoms with Gasteiger partial charge in [-0.2, -0.15) is 0 Å². The van der Waals surface area contributed by atoms with Crippen LogP contribution in [0.3, 0.4) is 0 Å². The van der Waals surface area contributed by atoms with Crippen molar-refractivity contribution >= 4 is 69.1 Å². The number of phenols is 2. The molecule has 0 atom stereocenters. The molecule has 1 saturated heterocycles. The Balaban J connectivity index is 0.000000211. The third-order valence-corrected chi connectivity index (χ3v) is 17.3. The van der Waals surface area contributed by atoms with Crippen LogP contribution in [0, 0.1) is 92.7 Å². The van der Waals surface area contributed by atoms with Crippen LogP contribution in [0.25, 0.3) is 27.9 Å². The second kappa shape index (κ2) is 43.1. The molecule has 0 amide bonds. The van der Waals surface area contributed by atoms with Gasteiger partial charge >= 0.3 is 5.97 Å². The number of ether oxygens (including phenoxy) is 5. The zero-order valence-electron chi connectivity index (χ0n) is 64.1. The van der Waals surface area contributed by atoms with Gasteiger partial charge in [-0.3, -0.25) is 39.5 Å². The number of aromatic nitrogens is 2. The molecule has 3 heterocycles. The Hall–Kier alpha value is -12.8. The largest absolute Gasteiger partial charge is 0.508 e. The summed E-state index contributed by atoms with van der Waals surface area (Å²) in [7, 11) is 0.188. The number of H-pyrrole nitrogens is 2. The fourth-order valence-corrected chi connectivity index (χ4v) is 11.1. The number of carbonyl (C=O) groups excluding carboxylic acids is 2. The number of halogens is 2. The minimum atomic E-state index is -1.00. The number of esters is 1. The normalized spacial score (nSPS) is 11.1. The average molecular weight is 1520 g/mol. The summed E-state index contributed by atoms with van der Waals surface area (Å²) in [4.78, 5) is 63.4. The first kappa shape index (κ1) is 84.4. The molecule has 12 aromatic rings. The zero-order chi connectivity index (χ0) is 79.8. The number of aromatic amines is 2. The van der Waals surface area contributed by atoms with Gasteiger partial charge in [0, 0.05) is 76.6 Å². The standard InChI is InChI=1S/C20H22N2O3.C19H17NO4.C16H15NO.C15H15NO3.C8H9NO3.C8H10O.CH3F.ClH/c1-16-13-19(22(23)24)18(9-12-21-10-5-6-11-21)14-20(16)25-15-17-7-3-2-4-8-17;1-12-8-16-14(15(10-20-16)18(21)19(22)23-2)9-17(12)24-11-13-6-4-3-5-7-13;1-12-9-15-14(7-8-17-15)10-16(12)18-11-13-5-3-2-4-6-13;1-11-9-15(12(2)8-14(11)16(17)18)19-10-13-6-4-3-5-7-13;1-5-4-8(10)6(2)3-7(5)9(11)12;1-6-3-4-7(2)8(9)5-6;1-2;/h2-4,7-9,12-14H,5-6,10-11,15H2,1H3;3-10,20H,11H2,1-2H3;2-10,17H,11H2,1H3;3-9H,10H2,1-2H3;3-4,10H,1-2H3;3-5,9H,1-2H3;1H3;1H/b12-9+;;;;;;;/i;;;;;;1D;. The third kappa shape index (κ3) is 25.7. The number of nitro benzene ring substituents is 3. The van der Waals surface area contributed by atoms with E-state index in [1.807, 2.05) is 180 Å². The monoisotopic (exact) mass is 1520 g/mol. The highest BCUT2D eigenvalue weighted by Gasteiger charge is 2.23. The first-order valence-electron chi connectivity index (χ1n) is 35.5. The molecule has 23 heteroatoms. The van der Waals surface area contributed by atoms with Gasteiger partial charge in [0.05, 0.1) is 41.5 Å². The molecular formula is C87H92ClFN6O15. The number of alkyl halides is 1. The van der Waals surface area contributed by atoms with Crippen LogP contribution in [0.15, 0.2) is 225 Å². The van der Waals surface area contributed by atoms with E-state index >= 15 is 0 Å². The second-order valence-electron chi connectivity index (χ2n) is 25.6. The number of ketones is 1. The highest BCUT2D eigenvalue weighted by Crippen LogP contribution is 2.34. The van der Waals surface area contributed by atoms with E-state index in [2.05, 4.69) is 56.9 Å². The molecule has 0 spiro atoms. The summed E-state index contributed by atoms with van der Waals surface area (Å²) in [5, 5.41) is 52.7. The van der Waals surface area contributed by atoms with Crippen LogP contribution < -0.4 is 18.9 Å². The summed E-state index contributed by atoms with van der Waals surface area (Å²) in [5.41, 5.74) is 14.7. The number of phenolic OH excluding ortho intramolecular Hbond substituents is 2. The Morgan fingerprint density at radius 1 is 0.491 bits per heavy atom. The summed E-state index contributed by atoms with van der Waals surface area (Å²) >= 11 is 0. The lowest BCUT2D eigenvalue weighted by molar-refractivity contribution is -0.385. The van der Waals surface area contributed by atoms with Gasteiger partial charge in [0.1, 0.15) is 60.9 Å². The molecule has 0 bridgehead atoms. The molecule has 2 aromatic heterocycles. The molecule has 13 rings (SSSR count). The van der Waals surface area contributed by atoms with Gasteiger partial charge in [-0.05, 0) is 203 Å². The summed E-state index contributed by atoms with van der Waals surface area (Å²) in [6.45, 7) is 20.4. The Labute approximate surface area is 646 Å². The van der Waals surface area contributed by atoms with Crippen LogP contribution in [0.2, 0.25) is 0 Å². The van der Waals surface area contributed by atoms with Crippen molar-refractivity contribution in [3.8, 4) is 34.5 Å². The van der Waals surface area contributed by atoms with E-state index < -0.39 is 23.8 Å². The fraction of sp³-hybridized carbons (Fsp3) is 0.218. The Morgan fingerprint density at radius 3 is 1.35 bits per heavy atom. The molecule has 0 radical (unpaired) electrons. The van der Waals surface area contributed by atoms with Crippen LogP contribution in [-0.4, -0.2) is 79.0 Å². The maximum absolute atomic E-state index is 12.1. The highest BCUT2D eigenvalue weighted by molar-refractivity contribution is 6.43. The van der Waals surface area contributed by atoms with Gasteiger partial charge in [-0.25, -0.2) is 4.79 Å². The molecule has 110 heavy (non-hydrogen) atoms. The number of rotatable bonds is 19. The minimum Gasteiger partial charge on any atom is -0.508 e. The van der Waals surface area contributed by atoms with Crippen molar-refractivity contribution in [1.82, 2.24) is 14.9 Å². The summed E-state index contributed by atoms with van der Waals surface area (Å²) in [6, 6.07) is 64.7. The van der Waals surface area contributed by atoms with E-state index in [4.69, 9.17) is 25.4 Å². The Morgan fingerprint density at radius 2 is 0.900 bits per heavy atom. The first-order valence-corrected chi connectivity index (χ1v) is 34.8. The van der Waals surface area contributed by atoms with Crippen LogP contribution in [0.5, 0.6) is 34.5 Å². The first-order chi connectivity index (χ1) is 52.8. The van der Waals surface area contributed by atoms with E-state index in [1.54, 1.807) is 57.2 Å². The third-order valence-electron chi connectivity index (χ3n) is 17.3.